The fourth-order valence-electron chi connectivity index (χ4n) is 1.88. The van der Waals surface area contributed by atoms with Crippen LogP contribution in [0, 0.1) is 0 Å². The lowest BCUT2D eigenvalue weighted by molar-refractivity contribution is 0.580. The van der Waals surface area contributed by atoms with Crippen molar-refractivity contribution in [3.63, 3.8) is 0 Å². The molecule has 4 heteroatoms. The Morgan fingerprint density at radius 1 is 1.11 bits per heavy atom. The van der Waals surface area contributed by atoms with E-state index in [2.05, 4.69) is 50.6 Å². The van der Waals surface area contributed by atoms with Crippen LogP contribution in [-0.2, 0) is 0 Å². The Balaban J connectivity index is 2.50. The number of nitrogens with one attached hydrogen (secondary N) is 1. The van der Waals surface area contributed by atoms with Gasteiger partial charge in [-0.2, -0.15) is 0 Å². The minimum atomic E-state index is -0.170. The molecule has 3 N–H and O–H groups in total. The van der Waals surface area contributed by atoms with E-state index >= 15 is 0 Å². The monoisotopic (exact) mass is 319 g/mol. The fourth-order valence-corrected chi connectivity index (χ4v) is 2.26. The molecule has 0 unspecified atom stereocenters. The highest BCUT2D eigenvalue weighted by atomic mass is 79.9. The van der Waals surface area contributed by atoms with E-state index in [4.69, 9.17) is 5.84 Å². The Kier molecular flexibility index (Phi) is 3.92. The topological polar surface area (TPSA) is 50.4 Å². The second-order valence-corrected chi connectivity index (χ2v) is 6.40. The Morgan fingerprint density at radius 3 is 2.37 bits per heavy atom. The Bertz CT molecular complexity index is 627. The van der Waals surface area contributed by atoms with E-state index in [1.807, 2.05) is 32.9 Å². The van der Waals surface area contributed by atoms with Gasteiger partial charge in [-0.25, -0.2) is 5.84 Å². The van der Waals surface area contributed by atoms with Gasteiger partial charge in [0.05, 0.1) is 5.54 Å². The molecule has 0 amide bonds. The number of hydrazine groups is 1. The molecule has 3 nitrogen and oxygen atoms in total. The molecule has 0 saturated heterocycles. The van der Waals surface area contributed by atoms with Gasteiger partial charge in [0.2, 0.25) is 0 Å². The van der Waals surface area contributed by atoms with E-state index in [0.717, 1.165) is 15.4 Å². The highest BCUT2D eigenvalue weighted by Crippen LogP contribution is 2.21. The molecule has 0 bridgehead atoms. The second kappa shape index (κ2) is 5.31. The van der Waals surface area contributed by atoms with Gasteiger partial charge in [-0.3, -0.25) is 4.99 Å². The van der Waals surface area contributed by atoms with Crippen LogP contribution in [0.25, 0.3) is 10.8 Å². The lowest BCUT2D eigenvalue weighted by Gasteiger charge is -2.16. The largest absolute Gasteiger partial charge is 0.308 e. The third kappa shape index (κ3) is 3.55. The van der Waals surface area contributed by atoms with E-state index in [1.54, 1.807) is 0 Å². The smallest absolute Gasteiger partial charge is 0.143 e. The van der Waals surface area contributed by atoms with Gasteiger partial charge in [-0.05, 0) is 49.7 Å². The first kappa shape index (κ1) is 14.0. The van der Waals surface area contributed by atoms with Gasteiger partial charge in [0.25, 0.3) is 0 Å². The zero-order valence-corrected chi connectivity index (χ0v) is 13.0. The molecule has 0 aliphatic carbocycles. The molecule has 2 aromatic carbocycles. The number of aliphatic imine (C=N–C) groups is 1. The van der Waals surface area contributed by atoms with E-state index in [0.29, 0.717) is 5.84 Å². The molecule has 100 valence electrons. The van der Waals surface area contributed by atoms with Crippen molar-refractivity contribution in [1.29, 1.82) is 0 Å². The van der Waals surface area contributed by atoms with Gasteiger partial charge in [-0.1, -0.05) is 34.1 Å². The highest BCUT2D eigenvalue weighted by Gasteiger charge is 2.11. The van der Waals surface area contributed by atoms with E-state index < -0.39 is 0 Å². The third-order valence-corrected chi connectivity index (χ3v) is 3.15. The van der Waals surface area contributed by atoms with Crippen LogP contribution in [0.5, 0.6) is 0 Å². The van der Waals surface area contributed by atoms with Gasteiger partial charge in [-0.15, -0.1) is 0 Å². The van der Waals surface area contributed by atoms with Gasteiger partial charge in [0.15, 0.2) is 0 Å². The molecule has 0 fully saturated rings. The summed E-state index contributed by atoms with van der Waals surface area (Å²) in [5, 5.41) is 2.35. The lowest BCUT2D eigenvalue weighted by atomic mass is 10.1. The number of hydrogen-bond donors (Lipinski definition) is 2. The van der Waals surface area contributed by atoms with Crippen molar-refractivity contribution in [1.82, 2.24) is 5.43 Å². The molecule has 0 heterocycles. The number of rotatable bonds is 1. The number of fused-ring (bicyclic) bond motifs is 1. The molecule has 0 aromatic heterocycles. The number of amidine groups is 1. The van der Waals surface area contributed by atoms with Crippen LogP contribution >= 0.6 is 15.9 Å². The first-order valence-electron chi connectivity index (χ1n) is 6.15. The molecule has 0 aliphatic heterocycles. The van der Waals surface area contributed by atoms with Gasteiger partial charge >= 0.3 is 0 Å². The van der Waals surface area contributed by atoms with Crippen molar-refractivity contribution >= 4 is 32.5 Å². The molecular formula is C15H18BrN3. The van der Waals surface area contributed by atoms with Crippen LogP contribution < -0.4 is 11.3 Å². The minimum absolute atomic E-state index is 0.170. The van der Waals surface area contributed by atoms with Crippen LogP contribution in [0.3, 0.4) is 0 Å². The first-order chi connectivity index (χ1) is 8.89. The Morgan fingerprint density at radius 2 is 1.74 bits per heavy atom. The predicted molar refractivity (Wildman–Crippen MR) is 85.3 cm³/mol. The third-order valence-electron chi connectivity index (χ3n) is 2.66. The summed E-state index contributed by atoms with van der Waals surface area (Å²) in [4.78, 5) is 4.59. The minimum Gasteiger partial charge on any atom is -0.308 e. The maximum Gasteiger partial charge on any atom is 0.143 e. The SMILES string of the molecule is CC(C)(C)N=C(NN)c1ccc2cc(Br)ccc2c1. The normalized spacial score (nSPS) is 12.8. The number of hydrogen-bond acceptors (Lipinski definition) is 2. The lowest BCUT2D eigenvalue weighted by Crippen LogP contribution is -2.33. The van der Waals surface area contributed by atoms with Crippen molar-refractivity contribution in [2.75, 3.05) is 0 Å². The second-order valence-electron chi connectivity index (χ2n) is 5.48. The summed E-state index contributed by atoms with van der Waals surface area (Å²) in [6.07, 6.45) is 0. The average molecular weight is 320 g/mol. The molecule has 0 spiro atoms. The summed E-state index contributed by atoms with van der Waals surface area (Å²) in [6, 6.07) is 12.4. The quantitative estimate of drug-likeness (QED) is 0.365. The van der Waals surface area contributed by atoms with E-state index in [-0.39, 0.29) is 5.54 Å². The van der Waals surface area contributed by atoms with Crippen molar-refractivity contribution in [2.45, 2.75) is 26.3 Å². The van der Waals surface area contributed by atoms with Gasteiger partial charge in [0.1, 0.15) is 5.84 Å². The zero-order chi connectivity index (χ0) is 14.0. The summed E-state index contributed by atoms with van der Waals surface area (Å²) < 4.78 is 1.08. The number of nitrogens with zero attached hydrogens (tertiary/aromatic N) is 1. The average Bonchev–Trinajstić information content (AvgIpc) is 2.34. The van der Waals surface area contributed by atoms with Crippen molar-refractivity contribution in [2.24, 2.45) is 10.8 Å². The van der Waals surface area contributed by atoms with E-state index in [1.165, 1.54) is 5.39 Å². The van der Waals surface area contributed by atoms with Crippen LogP contribution in [-0.4, -0.2) is 11.4 Å². The number of benzene rings is 2. The zero-order valence-electron chi connectivity index (χ0n) is 11.4. The summed E-state index contributed by atoms with van der Waals surface area (Å²) in [6.45, 7) is 6.13. The van der Waals surface area contributed by atoms with Crippen molar-refractivity contribution in [3.8, 4) is 0 Å². The highest BCUT2D eigenvalue weighted by molar-refractivity contribution is 9.10. The van der Waals surface area contributed by atoms with Crippen LogP contribution in [0.2, 0.25) is 0 Å². The van der Waals surface area contributed by atoms with Crippen molar-refractivity contribution in [3.05, 3.63) is 46.4 Å². The Labute approximate surface area is 122 Å². The van der Waals surface area contributed by atoms with Gasteiger partial charge in [0, 0.05) is 10.0 Å². The molecule has 0 aliphatic rings. The predicted octanol–water partition coefficient (Wildman–Crippen LogP) is 3.61. The summed E-state index contributed by atoms with van der Waals surface area (Å²) in [5.41, 5.74) is 3.51. The maximum absolute atomic E-state index is 5.59. The summed E-state index contributed by atoms with van der Waals surface area (Å²) >= 11 is 3.48. The molecule has 0 radical (unpaired) electrons. The van der Waals surface area contributed by atoms with Crippen LogP contribution in [0.15, 0.2) is 45.9 Å². The molecule has 2 aromatic rings. The standard InChI is InChI=1S/C15H18BrN3/c1-15(2,3)18-14(19-17)12-5-4-11-9-13(16)7-6-10(11)8-12/h4-9H,17H2,1-3H3,(H,18,19). The number of halogens is 1. The summed E-state index contributed by atoms with van der Waals surface area (Å²) in [5.74, 6) is 6.30. The van der Waals surface area contributed by atoms with E-state index in [9.17, 15) is 0 Å². The molecule has 0 atom stereocenters. The van der Waals surface area contributed by atoms with Gasteiger partial charge < -0.3 is 5.43 Å². The Hall–Kier alpha value is -1.39. The molecular weight excluding hydrogens is 302 g/mol. The molecule has 2 rings (SSSR count). The van der Waals surface area contributed by atoms with Crippen molar-refractivity contribution < 1.29 is 0 Å². The first-order valence-corrected chi connectivity index (χ1v) is 6.94. The van der Waals surface area contributed by atoms with Crippen LogP contribution in [0.4, 0.5) is 0 Å². The number of nitrogens with two attached hydrogens (primary N) is 1. The molecule has 0 saturated carbocycles. The molecule has 19 heavy (non-hydrogen) atoms. The van der Waals surface area contributed by atoms with Crippen LogP contribution in [0.1, 0.15) is 26.3 Å². The maximum atomic E-state index is 5.59. The summed E-state index contributed by atoms with van der Waals surface area (Å²) in [7, 11) is 0. The fraction of sp³-hybridized carbons (Fsp3) is 0.267.